The van der Waals surface area contributed by atoms with E-state index in [1.165, 1.54) is 7.11 Å². The molecular weight excluding hydrogens is 310 g/mol. The second-order valence-electron chi connectivity index (χ2n) is 3.78. The van der Waals surface area contributed by atoms with E-state index in [0.717, 1.165) is 10.0 Å². The van der Waals surface area contributed by atoms with Crippen molar-refractivity contribution < 1.29 is 9.53 Å². The van der Waals surface area contributed by atoms with E-state index >= 15 is 0 Å². The zero-order valence-electron chi connectivity index (χ0n) is 10.3. The van der Waals surface area contributed by atoms with E-state index in [4.69, 9.17) is 0 Å². The molecule has 0 radical (unpaired) electrons. The molecule has 0 atom stereocenters. The first kappa shape index (κ1) is 13.5. The van der Waals surface area contributed by atoms with Crippen LogP contribution in [-0.2, 0) is 11.3 Å². The van der Waals surface area contributed by atoms with E-state index in [0.29, 0.717) is 12.4 Å². The number of carbonyl (C=O) groups is 1. The molecule has 6 heteroatoms. The Morgan fingerprint density at radius 3 is 2.79 bits per heavy atom. The Hall–Kier alpha value is -1.95. The number of anilines is 1. The topological polar surface area (TPSA) is 64.1 Å². The van der Waals surface area contributed by atoms with Crippen LogP contribution in [0, 0.1) is 0 Å². The standard InChI is InChI=1S/C13H12BrN3O2/c1-19-13(18)11-5-6-12(17-16-11)15-8-9-3-2-4-10(14)7-9/h2-7H,8H2,1H3,(H,15,17). The minimum atomic E-state index is -0.494. The summed E-state index contributed by atoms with van der Waals surface area (Å²) in [6.45, 7) is 0.631. The molecule has 1 heterocycles. The van der Waals surface area contributed by atoms with Crippen LogP contribution >= 0.6 is 15.9 Å². The highest BCUT2D eigenvalue weighted by molar-refractivity contribution is 9.10. The maximum atomic E-state index is 11.2. The van der Waals surface area contributed by atoms with Gasteiger partial charge < -0.3 is 10.1 Å². The van der Waals surface area contributed by atoms with Crippen LogP contribution in [0.3, 0.4) is 0 Å². The first-order chi connectivity index (χ1) is 9.19. The Morgan fingerprint density at radius 2 is 2.16 bits per heavy atom. The molecule has 0 aliphatic heterocycles. The predicted molar refractivity (Wildman–Crippen MR) is 74.8 cm³/mol. The summed E-state index contributed by atoms with van der Waals surface area (Å²) in [5.74, 6) is 0.110. The fourth-order valence-corrected chi connectivity index (χ4v) is 1.93. The van der Waals surface area contributed by atoms with Crippen LogP contribution in [0.4, 0.5) is 5.82 Å². The van der Waals surface area contributed by atoms with E-state index in [-0.39, 0.29) is 5.69 Å². The number of nitrogens with one attached hydrogen (secondary N) is 1. The number of aromatic nitrogens is 2. The Morgan fingerprint density at radius 1 is 1.32 bits per heavy atom. The van der Waals surface area contributed by atoms with Crippen LogP contribution in [-0.4, -0.2) is 23.3 Å². The van der Waals surface area contributed by atoms with Gasteiger partial charge in [-0.3, -0.25) is 0 Å². The molecular formula is C13H12BrN3O2. The molecule has 0 saturated carbocycles. The number of esters is 1. The zero-order chi connectivity index (χ0) is 13.7. The molecule has 0 spiro atoms. The van der Waals surface area contributed by atoms with Crippen LogP contribution < -0.4 is 5.32 Å². The average Bonchev–Trinajstić information content (AvgIpc) is 2.45. The summed E-state index contributed by atoms with van der Waals surface area (Å²) in [6, 6.07) is 11.2. The fourth-order valence-electron chi connectivity index (χ4n) is 1.48. The molecule has 98 valence electrons. The van der Waals surface area contributed by atoms with Crippen molar-refractivity contribution in [1.82, 2.24) is 10.2 Å². The average molecular weight is 322 g/mol. The van der Waals surface area contributed by atoms with Gasteiger partial charge in [-0.2, -0.15) is 0 Å². The summed E-state index contributed by atoms with van der Waals surface area (Å²) in [5, 5.41) is 10.8. The highest BCUT2D eigenvalue weighted by Crippen LogP contribution is 2.13. The number of hydrogen-bond acceptors (Lipinski definition) is 5. The number of nitrogens with zero attached hydrogens (tertiary/aromatic N) is 2. The van der Waals surface area contributed by atoms with Crippen molar-refractivity contribution in [3.63, 3.8) is 0 Å². The highest BCUT2D eigenvalue weighted by Gasteiger charge is 2.07. The quantitative estimate of drug-likeness (QED) is 0.877. The number of hydrogen-bond donors (Lipinski definition) is 1. The van der Waals surface area contributed by atoms with Gasteiger partial charge in [0.15, 0.2) is 5.69 Å². The van der Waals surface area contributed by atoms with E-state index in [1.54, 1.807) is 12.1 Å². The van der Waals surface area contributed by atoms with Gasteiger partial charge in [0.05, 0.1) is 7.11 Å². The largest absolute Gasteiger partial charge is 0.464 e. The first-order valence-electron chi connectivity index (χ1n) is 5.59. The maximum Gasteiger partial charge on any atom is 0.358 e. The zero-order valence-corrected chi connectivity index (χ0v) is 11.8. The Balaban J connectivity index is 1.98. The van der Waals surface area contributed by atoms with E-state index in [2.05, 4.69) is 36.2 Å². The molecule has 0 fully saturated rings. The molecule has 0 amide bonds. The number of benzene rings is 1. The molecule has 0 unspecified atom stereocenters. The molecule has 2 rings (SSSR count). The molecule has 1 aromatic carbocycles. The number of rotatable bonds is 4. The third-order valence-corrected chi connectivity index (χ3v) is 2.91. The Bertz CT molecular complexity index is 572. The SMILES string of the molecule is COC(=O)c1ccc(NCc2cccc(Br)c2)nn1. The van der Waals surface area contributed by atoms with Crippen LogP contribution in [0.15, 0.2) is 40.9 Å². The minimum absolute atomic E-state index is 0.190. The normalized spacial score (nSPS) is 10.0. The lowest BCUT2D eigenvalue weighted by atomic mass is 10.2. The molecule has 2 aromatic rings. The van der Waals surface area contributed by atoms with E-state index < -0.39 is 5.97 Å². The van der Waals surface area contributed by atoms with Crippen LogP contribution in [0.5, 0.6) is 0 Å². The highest BCUT2D eigenvalue weighted by atomic mass is 79.9. The van der Waals surface area contributed by atoms with Gasteiger partial charge in [-0.25, -0.2) is 4.79 Å². The van der Waals surface area contributed by atoms with Gasteiger partial charge in [-0.1, -0.05) is 28.1 Å². The fraction of sp³-hybridized carbons (Fsp3) is 0.154. The van der Waals surface area contributed by atoms with Crippen molar-refractivity contribution in [2.75, 3.05) is 12.4 Å². The maximum absolute atomic E-state index is 11.2. The predicted octanol–water partition coefficient (Wildman–Crippen LogP) is 2.64. The van der Waals surface area contributed by atoms with Crippen LogP contribution in [0.25, 0.3) is 0 Å². The number of methoxy groups -OCH3 is 1. The molecule has 0 aliphatic carbocycles. The lowest BCUT2D eigenvalue weighted by Crippen LogP contribution is -2.08. The van der Waals surface area contributed by atoms with Gasteiger partial charge in [-0.15, -0.1) is 10.2 Å². The summed E-state index contributed by atoms with van der Waals surface area (Å²) < 4.78 is 5.58. The number of ether oxygens (including phenoxy) is 1. The van der Waals surface area contributed by atoms with Crippen molar-refractivity contribution in [2.45, 2.75) is 6.54 Å². The second-order valence-corrected chi connectivity index (χ2v) is 4.69. The van der Waals surface area contributed by atoms with Crippen LogP contribution in [0.1, 0.15) is 16.1 Å². The van der Waals surface area contributed by atoms with Gasteiger partial charge >= 0.3 is 5.97 Å². The first-order valence-corrected chi connectivity index (χ1v) is 6.38. The van der Waals surface area contributed by atoms with Crippen molar-refractivity contribution in [2.24, 2.45) is 0 Å². The summed E-state index contributed by atoms with van der Waals surface area (Å²) in [5.41, 5.74) is 1.31. The van der Waals surface area contributed by atoms with Crippen molar-refractivity contribution in [3.8, 4) is 0 Å². The Labute approximate surface area is 119 Å². The third kappa shape index (κ3) is 3.75. The third-order valence-electron chi connectivity index (χ3n) is 2.42. The van der Waals surface area contributed by atoms with Gasteiger partial charge in [0.1, 0.15) is 5.82 Å². The monoisotopic (exact) mass is 321 g/mol. The summed E-state index contributed by atoms with van der Waals surface area (Å²) in [7, 11) is 1.31. The summed E-state index contributed by atoms with van der Waals surface area (Å²) in [6.07, 6.45) is 0. The molecule has 5 nitrogen and oxygen atoms in total. The number of halogens is 1. The molecule has 0 bridgehead atoms. The molecule has 0 aliphatic rings. The van der Waals surface area contributed by atoms with Gasteiger partial charge in [0.25, 0.3) is 0 Å². The lowest BCUT2D eigenvalue weighted by Gasteiger charge is -2.05. The summed E-state index contributed by atoms with van der Waals surface area (Å²) in [4.78, 5) is 11.2. The van der Waals surface area contributed by atoms with Gasteiger partial charge in [0, 0.05) is 11.0 Å². The second kappa shape index (κ2) is 6.29. The summed E-state index contributed by atoms with van der Waals surface area (Å²) >= 11 is 3.41. The van der Waals surface area contributed by atoms with Crippen molar-refractivity contribution in [1.29, 1.82) is 0 Å². The van der Waals surface area contributed by atoms with E-state index in [1.807, 2.05) is 24.3 Å². The van der Waals surface area contributed by atoms with Crippen molar-refractivity contribution in [3.05, 3.63) is 52.1 Å². The minimum Gasteiger partial charge on any atom is -0.464 e. The lowest BCUT2D eigenvalue weighted by molar-refractivity contribution is 0.0593. The molecule has 0 saturated heterocycles. The van der Waals surface area contributed by atoms with Gasteiger partial charge in [-0.05, 0) is 29.8 Å². The Kier molecular flexibility index (Phi) is 4.46. The number of carbonyl (C=O) groups excluding carboxylic acids is 1. The molecule has 1 aromatic heterocycles. The molecule has 19 heavy (non-hydrogen) atoms. The smallest absolute Gasteiger partial charge is 0.358 e. The van der Waals surface area contributed by atoms with Crippen LogP contribution in [0.2, 0.25) is 0 Å². The van der Waals surface area contributed by atoms with Crippen molar-refractivity contribution >= 4 is 27.7 Å². The van der Waals surface area contributed by atoms with E-state index in [9.17, 15) is 4.79 Å². The van der Waals surface area contributed by atoms with Gasteiger partial charge in [0.2, 0.25) is 0 Å². The molecule has 1 N–H and O–H groups in total.